The average molecular weight is 1510 g/mol. The van der Waals surface area contributed by atoms with Crippen LogP contribution in [-0.2, 0) is 0 Å². The lowest BCUT2D eigenvalue weighted by atomic mass is 9.88. The first-order chi connectivity index (χ1) is 58.4. The molecule has 0 spiro atoms. The highest BCUT2D eigenvalue weighted by atomic mass is 16.4. The third kappa shape index (κ3) is 12.0. The highest BCUT2D eigenvalue weighted by Gasteiger charge is 2.24. The molecule has 0 aliphatic heterocycles. The van der Waals surface area contributed by atoms with E-state index in [9.17, 15) is 0 Å². The molecule has 9 aromatic heterocycles. The van der Waals surface area contributed by atoms with Gasteiger partial charge >= 0.3 is 0 Å². The number of pyridine rings is 7. The van der Waals surface area contributed by atoms with Crippen LogP contribution in [-0.4, -0.2) is 44.9 Å². The fourth-order valence-corrected chi connectivity index (χ4v) is 17.4. The smallest absolute Gasteiger partial charge is 0.227 e. The van der Waals surface area contributed by atoms with E-state index in [0.29, 0.717) is 28.5 Å². The van der Waals surface area contributed by atoms with Crippen LogP contribution in [0.2, 0.25) is 0 Å². The number of para-hydroxylation sites is 2. The lowest BCUT2D eigenvalue weighted by Crippen LogP contribution is -1.93. The van der Waals surface area contributed by atoms with Gasteiger partial charge in [0.2, 0.25) is 11.8 Å². The fourth-order valence-electron chi connectivity index (χ4n) is 17.4. The molecule has 0 aliphatic rings. The number of nitrogens with zero attached hydrogens (tertiary/aromatic N) is 9. The van der Waals surface area contributed by atoms with E-state index >= 15 is 0 Å². The van der Waals surface area contributed by atoms with E-state index in [4.69, 9.17) is 53.7 Å². The second-order valence-corrected chi connectivity index (χ2v) is 30.2. The number of rotatable bonds is 13. The van der Waals surface area contributed by atoms with Crippen LogP contribution in [0.3, 0.4) is 0 Å². The molecule has 0 amide bonds. The second kappa shape index (κ2) is 27.9. The van der Waals surface area contributed by atoms with Crippen LogP contribution in [0.4, 0.5) is 0 Å². The van der Waals surface area contributed by atoms with Gasteiger partial charge in [0.1, 0.15) is 11.0 Å². The van der Waals surface area contributed by atoms with Crippen molar-refractivity contribution in [3.05, 3.63) is 384 Å². The lowest BCUT2D eigenvalue weighted by molar-refractivity contribution is 0.619. The Morgan fingerprint density at radius 3 is 0.771 bits per heavy atom. The topological polar surface area (TPSA) is 142 Å². The Balaban J connectivity index is 0.696. The summed E-state index contributed by atoms with van der Waals surface area (Å²) in [6.45, 7) is 0. The SMILES string of the molecule is c1ccc2c(-c3cc(-c4cc(-c5cncc6ccccc56)cc(-c5cnc(-c6ccc7oc(-c8cc(-c9cc(-c%10cncc%11ccccc%10%11)cc(-c%10cncc%11ccccc%10%11)c9)cc(-c9cc(-c%10cncc%11ccccc%10%11)cc(-c%10cncc%11ccccc%10%11)c9)c8)nc7c6)c6ccccc56)c4)cc(-c4nc5ccccc5o4)c3)cncc2c1. The molecule has 0 aliphatic carbocycles. The Morgan fingerprint density at radius 1 is 0.169 bits per heavy atom. The second-order valence-electron chi connectivity index (χ2n) is 30.2. The maximum Gasteiger partial charge on any atom is 0.227 e. The van der Waals surface area contributed by atoms with Crippen molar-refractivity contribution >= 4 is 97.6 Å². The van der Waals surface area contributed by atoms with E-state index in [1.165, 1.54) is 0 Å². The molecule has 0 unspecified atom stereocenters. The van der Waals surface area contributed by atoms with Gasteiger partial charge < -0.3 is 8.83 Å². The number of aromatic nitrogens is 9. The van der Waals surface area contributed by atoms with Crippen molar-refractivity contribution in [1.82, 2.24) is 44.9 Å². The van der Waals surface area contributed by atoms with E-state index in [1.807, 2.05) is 111 Å². The molecular formula is C107H63N9O2. The molecule has 0 bridgehead atoms. The molecule has 0 saturated carbocycles. The zero-order valence-corrected chi connectivity index (χ0v) is 63.2. The van der Waals surface area contributed by atoms with Crippen molar-refractivity contribution in [1.29, 1.82) is 0 Å². The van der Waals surface area contributed by atoms with Gasteiger partial charge in [-0.05, 0) is 231 Å². The first-order valence-corrected chi connectivity index (χ1v) is 39.3. The van der Waals surface area contributed by atoms with Crippen LogP contribution in [0, 0.1) is 0 Å². The third-order valence-electron chi connectivity index (χ3n) is 23.1. The predicted molar refractivity (Wildman–Crippen MR) is 479 cm³/mol. The maximum absolute atomic E-state index is 7.09. The minimum atomic E-state index is 0.460. The third-order valence-corrected chi connectivity index (χ3v) is 23.1. The Hall–Kier alpha value is -16.1. The molecule has 548 valence electrons. The zero-order chi connectivity index (χ0) is 77.7. The van der Waals surface area contributed by atoms with Gasteiger partial charge in [-0.2, -0.15) is 0 Å². The summed E-state index contributed by atoms with van der Waals surface area (Å²) >= 11 is 0. The van der Waals surface area contributed by atoms with E-state index in [2.05, 4.69) is 273 Å². The minimum absolute atomic E-state index is 0.460. The van der Waals surface area contributed by atoms with Gasteiger partial charge in [-0.15, -0.1) is 0 Å². The van der Waals surface area contributed by atoms with Crippen molar-refractivity contribution in [2.24, 2.45) is 0 Å². The van der Waals surface area contributed by atoms with Gasteiger partial charge in [0.15, 0.2) is 11.2 Å². The molecule has 0 saturated heterocycles. The van der Waals surface area contributed by atoms with Gasteiger partial charge in [-0.3, -0.25) is 34.9 Å². The van der Waals surface area contributed by atoms with E-state index in [0.717, 1.165) is 215 Å². The van der Waals surface area contributed by atoms with Crippen LogP contribution in [0.1, 0.15) is 0 Å². The number of fused-ring (bicyclic) bond motifs is 9. The highest BCUT2D eigenvalue weighted by Crippen LogP contribution is 2.47. The first-order valence-electron chi connectivity index (χ1n) is 39.3. The monoisotopic (exact) mass is 1510 g/mol. The molecule has 23 aromatic rings. The van der Waals surface area contributed by atoms with Crippen LogP contribution in [0.15, 0.2) is 393 Å². The van der Waals surface area contributed by atoms with Crippen molar-refractivity contribution in [2.45, 2.75) is 0 Å². The zero-order valence-electron chi connectivity index (χ0n) is 63.2. The quantitative estimate of drug-likeness (QED) is 0.109. The highest BCUT2D eigenvalue weighted by molar-refractivity contribution is 6.08. The van der Waals surface area contributed by atoms with Crippen LogP contribution < -0.4 is 0 Å². The van der Waals surface area contributed by atoms with Gasteiger partial charge in [-0.25, -0.2) is 9.97 Å². The van der Waals surface area contributed by atoms with Gasteiger partial charge in [0.05, 0.1) is 5.69 Å². The molecule has 0 atom stereocenters. The summed E-state index contributed by atoms with van der Waals surface area (Å²) in [5.41, 5.74) is 26.0. The van der Waals surface area contributed by atoms with Crippen molar-refractivity contribution < 1.29 is 8.83 Å². The van der Waals surface area contributed by atoms with Gasteiger partial charge in [0, 0.05) is 174 Å². The summed E-state index contributed by atoms with van der Waals surface area (Å²) in [6.07, 6.45) is 25.5. The fraction of sp³-hybridized carbons (Fsp3) is 0. The maximum atomic E-state index is 7.09. The Morgan fingerprint density at radius 2 is 0.424 bits per heavy atom. The van der Waals surface area contributed by atoms with E-state index in [-0.39, 0.29) is 0 Å². The lowest BCUT2D eigenvalue weighted by Gasteiger charge is -2.16. The number of hydrogen-bond acceptors (Lipinski definition) is 11. The number of oxazole rings is 2. The molecule has 0 fully saturated rings. The van der Waals surface area contributed by atoms with Gasteiger partial charge in [-0.1, -0.05) is 182 Å². The van der Waals surface area contributed by atoms with Crippen molar-refractivity contribution in [3.8, 4) is 145 Å². The number of benzene rings is 14. The minimum Gasteiger partial charge on any atom is -0.436 e. The summed E-state index contributed by atoms with van der Waals surface area (Å²) in [7, 11) is 0. The molecule has 0 N–H and O–H groups in total. The molecule has 118 heavy (non-hydrogen) atoms. The predicted octanol–water partition coefficient (Wildman–Crippen LogP) is 27.5. The molecule has 9 heterocycles. The largest absolute Gasteiger partial charge is 0.436 e. The van der Waals surface area contributed by atoms with Crippen LogP contribution in [0.25, 0.3) is 243 Å². The molecule has 0 radical (unpaired) electrons. The molecular weight excluding hydrogens is 1440 g/mol. The normalized spacial score (nSPS) is 11.7. The van der Waals surface area contributed by atoms with Crippen molar-refractivity contribution in [2.75, 3.05) is 0 Å². The average Bonchev–Trinajstić information content (AvgIpc) is 1.33. The standard InChI is InChI=1S/C107H63N9O2/c1-7-23-86-65(17-1)51-108-57-94(86)77-36-73(37-78(46-77)95-58-109-52-66-18-2-8-24-87(66)95)71-35-72(74-38-79(96-59-110-53-67-19-3-9-25-88(67)96)47-80(39-74)97-60-111-54-68-20-4-10-26-89(68)97)44-84(43-71)107-116-102-50-64(33-34-104(102)118-107)105-93-30-14-13-29-92(93)100(63-114-105)82-41-75(40-81(48-82)98-61-112-55-69-21-5-11-27-90(69)98)76-42-83(99-62-113-56-70-22-6-12-28-91(70)99)49-85(45-76)106-115-101-31-15-16-32-103(101)117-106/h1-63H. The molecule has 14 aromatic carbocycles. The number of hydrogen-bond donors (Lipinski definition) is 0. The summed E-state index contributed by atoms with van der Waals surface area (Å²) in [5.74, 6) is 0.986. The van der Waals surface area contributed by atoms with E-state index in [1.54, 1.807) is 0 Å². The molecule has 11 heteroatoms. The van der Waals surface area contributed by atoms with Gasteiger partial charge in [0.25, 0.3) is 0 Å². The van der Waals surface area contributed by atoms with E-state index < -0.39 is 0 Å². The Labute approximate surface area is 676 Å². The summed E-state index contributed by atoms with van der Waals surface area (Å²) in [6, 6.07) is 107. The first kappa shape index (κ1) is 67.6. The molecule has 11 nitrogen and oxygen atoms in total. The van der Waals surface area contributed by atoms with Crippen LogP contribution in [0.5, 0.6) is 0 Å². The summed E-state index contributed by atoms with van der Waals surface area (Å²) in [5, 5.41) is 14.9. The molecule has 23 rings (SSSR count). The van der Waals surface area contributed by atoms with Crippen molar-refractivity contribution in [3.63, 3.8) is 0 Å². The van der Waals surface area contributed by atoms with Crippen LogP contribution >= 0.6 is 0 Å². The summed E-state index contributed by atoms with van der Waals surface area (Å²) in [4.78, 5) is 45.1. The Bertz CT molecular complexity index is 7580. The Kier molecular flexibility index (Phi) is 16.0. The summed E-state index contributed by atoms with van der Waals surface area (Å²) < 4.78 is 13.7.